The van der Waals surface area contributed by atoms with Gasteiger partial charge in [0.2, 0.25) is 27.7 Å². The van der Waals surface area contributed by atoms with E-state index < -0.39 is 50.6 Å². The van der Waals surface area contributed by atoms with E-state index in [1.807, 2.05) is 12.1 Å². The monoisotopic (exact) mass is 779 g/mol. The molecule has 7 rings (SSSR count). The molecule has 2 aliphatic carbocycles. The van der Waals surface area contributed by atoms with Gasteiger partial charge in [0.25, 0.3) is 0 Å². The first kappa shape index (κ1) is 39.5. The van der Waals surface area contributed by atoms with Gasteiger partial charge in [-0.2, -0.15) is 0 Å². The highest BCUT2D eigenvalue weighted by molar-refractivity contribution is 7.90. The average molecular weight is 780 g/mol. The minimum Gasteiger partial charge on any atom is -0.496 e. The predicted octanol–water partition coefficient (Wildman–Crippen LogP) is 6.21. The SMILES string of the molecule is COc1cc2ccnc3c2cc1CCCCC(C)(C)COC(=O)C[C@H]1CCCCCCC[C@@H]2C[C@@]2(C(=O)NS(=O)(=O)C2CC2)CC(=O)[C@@H]2C[C@H](CN2C1=O)O3. The summed E-state index contributed by atoms with van der Waals surface area (Å²) in [6.45, 7) is 4.52. The van der Waals surface area contributed by atoms with Gasteiger partial charge in [-0.3, -0.25) is 23.9 Å². The number of carbonyl (C=O) groups is 4. The molecule has 1 N–H and O–H groups in total. The second-order valence-corrected chi connectivity index (χ2v) is 19.6. The Kier molecular flexibility index (Phi) is 11.5. The number of hydrogen-bond donors (Lipinski definition) is 1. The molecular weight excluding hydrogens is 723 g/mol. The number of nitrogens with one attached hydrogen (secondary N) is 1. The van der Waals surface area contributed by atoms with E-state index in [2.05, 4.69) is 29.6 Å². The smallest absolute Gasteiger partial charge is 0.306 e. The highest BCUT2D eigenvalue weighted by atomic mass is 32.2. The van der Waals surface area contributed by atoms with Crippen molar-refractivity contribution in [3.8, 4) is 11.6 Å². The number of cyclic esters (lactones) is 1. The van der Waals surface area contributed by atoms with Gasteiger partial charge in [0.15, 0.2) is 5.78 Å². The van der Waals surface area contributed by atoms with Crippen LogP contribution in [0.3, 0.4) is 0 Å². The van der Waals surface area contributed by atoms with E-state index in [0.29, 0.717) is 31.6 Å². The molecule has 0 radical (unpaired) electrons. The van der Waals surface area contributed by atoms with Crippen molar-refractivity contribution in [1.82, 2.24) is 14.6 Å². The number of amides is 2. The Morgan fingerprint density at radius 2 is 1.76 bits per heavy atom. The Hall–Kier alpha value is -3.74. The van der Waals surface area contributed by atoms with Crippen LogP contribution in [0.25, 0.3) is 10.8 Å². The molecule has 4 fully saturated rings. The van der Waals surface area contributed by atoms with Crippen molar-refractivity contribution < 1.29 is 41.8 Å². The minimum atomic E-state index is -3.81. The summed E-state index contributed by atoms with van der Waals surface area (Å²) in [6.07, 6.45) is 11.5. The number of methoxy groups -OCH3 is 1. The maximum Gasteiger partial charge on any atom is 0.306 e. The van der Waals surface area contributed by atoms with Crippen LogP contribution in [-0.4, -0.2) is 79.5 Å². The van der Waals surface area contributed by atoms with E-state index in [1.165, 1.54) is 0 Å². The number of fused-ring (bicyclic) bond motifs is 4. The van der Waals surface area contributed by atoms with E-state index in [9.17, 15) is 27.6 Å². The number of ether oxygens (including phenoxy) is 3. The third kappa shape index (κ3) is 8.97. The van der Waals surface area contributed by atoms with Crippen molar-refractivity contribution in [2.45, 2.75) is 140 Å². The summed E-state index contributed by atoms with van der Waals surface area (Å²) in [4.78, 5) is 62.7. The molecule has 300 valence electrons. The second-order valence-electron chi connectivity index (χ2n) is 17.6. The molecule has 2 aromatic rings. The molecule has 12 nitrogen and oxygen atoms in total. The fourth-order valence-electron chi connectivity index (χ4n) is 9.13. The van der Waals surface area contributed by atoms with Crippen LogP contribution in [-0.2, 0) is 40.4 Å². The lowest BCUT2D eigenvalue weighted by Crippen LogP contribution is -2.46. The molecule has 55 heavy (non-hydrogen) atoms. The normalized spacial score (nSPS) is 29.8. The van der Waals surface area contributed by atoms with Crippen molar-refractivity contribution in [3.05, 3.63) is 30.0 Å². The van der Waals surface area contributed by atoms with Gasteiger partial charge in [-0.1, -0.05) is 52.4 Å². The molecule has 5 atom stereocenters. The first-order valence-electron chi connectivity index (χ1n) is 20.5. The van der Waals surface area contributed by atoms with Crippen LogP contribution < -0.4 is 14.2 Å². The number of sulfonamides is 1. The van der Waals surface area contributed by atoms with E-state index >= 15 is 0 Å². The second kappa shape index (κ2) is 16.0. The molecule has 5 aliphatic rings. The van der Waals surface area contributed by atoms with Gasteiger partial charge in [0, 0.05) is 30.3 Å². The Morgan fingerprint density at radius 1 is 1.00 bits per heavy atom. The number of pyridine rings is 1. The van der Waals surface area contributed by atoms with E-state index in [4.69, 9.17) is 14.2 Å². The number of esters is 1. The van der Waals surface area contributed by atoms with Crippen LogP contribution in [0, 0.1) is 22.7 Å². The highest BCUT2D eigenvalue weighted by Gasteiger charge is 2.62. The number of aromatic nitrogens is 1. The highest BCUT2D eigenvalue weighted by Crippen LogP contribution is 2.59. The molecule has 4 heterocycles. The number of hydrogen-bond acceptors (Lipinski definition) is 10. The molecule has 2 saturated heterocycles. The third-order valence-corrected chi connectivity index (χ3v) is 14.6. The van der Waals surface area contributed by atoms with Crippen LogP contribution in [0.1, 0.15) is 122 Å². The van der Waals surface area contributed by atoms with E-state index in [1.54, 1.807) is 18.2 Å². The van der Waals surface area contributed by atoms with Gasteiger partial charge < -0.3 is 19.1 Å². The van der Waals surface area contributed by atoms with Gasteiger partial charge in [-0.15, -0.1) is 0 Å². The number of nitrogens with zero attached hydrogens (tertiary/aromatic N) is 2. The first-order chi connectivity index (χ1) is 26.3. The number of Topliss-reactive ketones (excluding diaryl/α,β-unsaturated/α-hetero) is 1. The molecule has 0 spiro atoms. The summed E-state index contributed by atoms with van der Waals surface area (Å²) in [6, 6.07) is 5.03. The quantitative estimate of drug-likeness (QED) is 0.354. The van der Waals surface area contributed by atoms with Crippen molar-refractivity contribution in [2.24, 2.45) is 22.7 Å². The summed E-state index contributed by atoms with van der Waals surface area (Å²) in [5.74, 6) is -1.24. The van der Waals surface area contributed by atoms with Gasteiger partial charge in [0.05, 0.1) is 43.4 Å². The zero-order valence-corrected chi connectivity index (χ0v) is 33.4. The van der Waals surface area contributed by atoms with Gasteiger partial charge in [0.1, 0.15) is 11.9 Å². The summed E-state index contributed by atoms with van der Waals surface area (Å²) in [5, 5.41) is 1.13. The average Bonchev–Trinajstić information content (AvgIpc) is 4.07. The van der Waals surface area contributed by atoms with E-state index in [-0.39, 0.29) is 55.4 Å². The Labute approximate surface area is 324 Å². The zero-order chi connectivity index (χ0) is 39.0. The number of aryl methyl sites for hydroxylation is 1. The lowest BCUT2D eigenvalue weighted by Gasteiger charge is -2.29. The minimum absolute atomic E-state index is 0.0855. The van der Waals surface area contributed by atoms with Crippen LogP contribution in [0.4, 0.5) is 0 Å². The van der Waals surface area contributed by atoms with Crippen molar-refractivity contribution in [1.29, 1.82) is 0 Å². The molecule has 0 unspecified atom stereocenters. The predicted molar refractivity (Wildman–Crippen MR) is 206 cm³/mol. The van der Waals surface area contributed by atoms with E-state index in [0.717, 1.165) is 86.3 Å². The van der Waals surface area contributed by atoms with Gasteiger partial charge in [-0.05, 0) is 91.8 Å². The maximum absolute atomic E-state index is 14.7. The zero-order valence-electron chi connectivity index (χ0n) is 32.6. The summed E-state index contributed by atoms with van der Waals surface area (Å²) < 4.78 is 46.4. The molecule has 1 aromatic carbocycles. The number of ketones is 1. The Morgan fingerprint density at radius 3 is 2.53 bits per heavy atom. The summed E-state index contributed by atoms with van der Waals surface area (Å²) in [7, 11) is -2.15. The lowest BCUT2D eigenvalue weighted by atomic mass is 9.87. The van der Waals surface area contributed by atoms with Crippen molar-refractivity contribution in [3.63, 3.8) is 0 Å². The fourth-order valence-corrected chi connectivity index (χ4v) is 10.5. The topological polar surface area (TPSA) is 158 Å². The lowest BCUT2D eigenvalue weighted by molar-refractivity contribution is -0.152. The molecule has 1 aromatic heterocycles. The molecule has 3 aliphatic heterocycles. The maximum atomic E-state index is 14.7. The molecule has 13 heteroatoms. The van der Waals surface area contributed by atoms with Crippen LogP contribution in [0.15, 0.2) is 24.4 Å². The molecular formula is C42H57N3O9S. The standard InChI is InChI=1S/C42H57N3O9S/c1-41(2)17-10-9-11-28-19-33-27(20-36(28)52-3)16-18-43-38(33)54-31-22-34-35(46)24-42(40(49)44-55(50,51)32-14-15-32)23-30(42)13-8-6-4-5-7-12-29(21-37(47)53-26-41)39(48)45(34)25-31/h16,18-20,29-32,34H,4-15,17,21-26H2,1-3H3,(H,44,49)/t29-,30-,31-,34+,42-/m1/s1. The van der Waals surface area contributed by atoms with Crippen molar-refractivity contribution in [2.75, 3.05) is 20.3 Å². The summed E-state index contributed by atoms with van der Waals surface area (Å²) >= 11 is 0. The third-order valence-electron chi connectivity index (χ3n) is 12.7. The molecule has 5 bridgehead atoms. The van der Waals surface area contributed by atoms with Gasteiger partial charge >= 0.3 is 5.97 Å². The number of benzene rings is 1. The van der Waals surface area contributed by atoms with Crippen LogP contribution in [0.5, 0.6) is 11.6 Å². The van der Waals surface area contributed by atoms with Crippen molar-refractivity contribution >= 4 is 44.4 Å². The first-order valence-corrected chi connectivity index (χ1v) is 22.0. The van der Waals surface area contributed by atoms with Gasteiger partial charge in [-0.25, -0.2) is 13.4 Å². The largest absolute Gasteiger partial charge is 0.496 e. The van der Waals surface area contributed by atoms with Crippen LogP contribution in [0.2, 0.25) is 0 Å². The number of rotatable bonds is 4. The molecule has 2 amide bonds. The number of carbonyl (C=O) groups excluding carboxylic acids is 4. The summed E-state index contributed by atoms with van der Waals surface area (Å²) in [5.41, 5.74) is -0.377. The fraction of sp³-hybridized carbons (Fsp3) is 0.690. The molecule has 2 saturated carbocycles. The Bertz CT molecular complexity index is 1910. The van der Waals surface area contributed by atoms with Crippen LogP contribution >= 0.6 is 0 Å². The Balaban J connectivity index is 1.23.